The zero-order chi connectivity index (χ0) is 30.6. The van der Waals surface area contributed by atoms with Crippen molar-refractivity contribution in [3.8, 4) is 0 Å². The van der Waals surface area contributed by atoms with Crippen LogP contribution in [-0.4, -0.2) is 64.9 Å². The number of benzene rings is 2. The van der Waals surface area contributed by atoms with E-state index < -0.39 is 0 Å². The molecule has 4 atom stereocenters. The summed E-state index contributed by atoms with van der Waals surface area (Å²) in [6, 6.07) is 11.2. The monoisotopic (exact) mass is 626 g/mol. The fourth-order valence-electron chi connectivity index (χ4n) is 7.17. The molecule has 11 heteroatoms. The van der Waals surface area contributed by atoms with Gasteiger partial charge >= 0.3 is 0 Å². The Bertz CT molecular complexity index is 1620. The highest BCUT2D eigenvalue weighted by molar-refractivity contribution is 6.35. The molecule has 4 aliphatic rings. The second-order valence-corrected chi connectivity index (χ2v) is 13.8. The standard InChI is InChI=1S/C32H40Cl2N6O3/c1-18-25-12-20(32(25,2)3)13-27(18)36-30(39-16-23(41)17-39)35-22-8-9-24-28(15-22)37-31(38(4)43-5)40(29(24)42)11-10-19-6-7-21(33)14-26(19)34/h6-9,14-15,18,20,23,25,27,41H,10-13,16-17H2,1-5H3,(H,35,36). The van der Waals surface area contributed by atoms with Gasteiger partial charge in [0.05, 0.1) is 30.2 Å². The highest BCUT2D eigenvalue weighted by atomic mass is 35.5. The van der Waals surface area contributed by atoms with Crippen LogP contribution in [0.15, 0.2) is 46.2 Å². The lowest BCUT2D eigenvalue weighted by Gasteiger charge is -2.61. The molecule has 4 fully saturated rings. The number of nitrogens with one attached hydrogen (secondary N) is 1. The van der Waals surface area contributed by atoms with E-state index in [4.69, 9.17) is 38.0 Å². The number of anilines is 2. The fourth-order valence-corrected chi connectivity index (χ4v) is 7.67. The SMILES string of the molecule is CON(C)c1nc2cc(NC(=NC3CC4CC(C3C)C4(C)C)N3CC(O)C3)ccc2c(=O)n1CCc1ccc(Cl)cc1Cl. The Hall–Kier alpha value is -2.85. The molecule has 9 nitrogen and oxygen atoms in total. The number of aryl methyl sites for hydroxylation is 1. The van der Waals surface area contributed by atoms with E-state index in [2.05, 4.69) is 31.0 Å². The van der Waals surface area contributed by atoms with Gasteiger partial charge in [-0.3, -0.25) is 14.2 Å². The minimum absolute atomic E-state index is 0.168. The van der Waals surface area contributed by atoms with Gasteiger partial charge in [0.25, 0.3) is 5.56 Å². The molecule has 2 N–H and O–H groups in total. The maximum absolute atomic E-state index is 13.8. The van der Waals surface area contributed by atoms with E-state index in [9.17, 15) is 9.90 Å². The Kier molecular flexibility index (Phi) is 8.13. The number of hydrogen-bond acceptors (Lipinski definition) is 6. The molecule has 1 saturated heterocycles. The van der Waals surface area contributed by atoms with Crippen LogP contribution in [0.25, 0.3) is 10.9 Å². The lowest BCUT2D eigenvalue weighted by Crippen LogP contribution is -2.58. The first kappa shape index (κ1) is 30.2. The molecule has 4 unspecified atom stereocenters. The Morgan fingerprint density at radius 1 is 1.21 bits per heavy atom. The number of likely N-dealkylation sites (tertiary alicyclic amines) is 1. The van der Waals surface area contributed by atoms with Crippen molar-refractivity contribution in [3.05, 3.63) is 62.4 Å². The molecule has 43 heavy (non-hydrogen) atoms. The number of hydroxylamine groups is 1. The lowest BCUT2D eigenvalue weighted by atomic mass is 9.45. The van der Waals surface area contributed by atoms with Crippen LogP contribution < -0.4 is 15.9 Å². The molecule has 1 aromatic heterocycles. The number of fused-ring (bicyclic) bond motifs is 3. The maximum atomic E-state index is 13.8. The molecular weight excluding hydrogens is 587 g/mol. The predicted molar refractivity (Wildman–Crippen MR) is 173 cm³/mol. The van der Waals surface area contributed by atoms with Gasteiger partial charge in [0, 0.05) is 42.4 Å². The molecule has 2 aromatic carbocycles. The van der Waals surface area contributed by atoms with E-state index in [-0.39, 0.29) is 17.7 Å². The summed E-state index contributed by atoms with van der Waals surface area (Å²) in [4.78, 5) is 31.4. The average Bonchev–Trinajstić information content (AvgIpc) is 2.95. The zero-order valence-corrected chi connectivity index (χ0v) is 26.9. The Morgan fingerprint density at radius 3 is 2.63 bits per heavy atom. The van der Waals surface area contributed by atoms with Gasteiger partial charge in [-0.25, -0.2) is 15.0 Å². The van der Waals surface area contributed by atoms with E-state index in [1.165, 1.54) is 18.6 Å². The molecule has 2 bridgehead atoms. The average molecular weight is 628 g/mol. The Labute approximate surface area is 262 Å². The number of aliphatic hydroxyl groups excluding tert-OH is 1. The van der Waals surface area contributed by atoms with Crippen molar-refractivity contribution in [3.63, 3.8) is 0 Å². The molecule has 0 spiro atoms. The normalized spacial score (nSPS) is 24.9. The van der Waals surface area contributed by atoms with Crippen LogP contribution in [0.3, 0.4) is 0 Å². The quantitative estimate of drug-likeness (QED) is 0.204. The number of guanidine groups is 1. The molecule has 2 heterocycles. The van der Waals surface area contributed by atoms with Crippen molar-refractivity contribution in [2.24, 2.45) is 28.2 Å². The van der Waals surface area contributed by atoms with Crippen molar-refractivity contribution in [2.75, 3.05) is 37.6 Å². The molecule has 230 valence electrons. The molecule has 3 aromatic rings. The van der Waals surface area contributed by atoms with Gasteiger partial charge in [-0.05, 0) is 78.3 Å². The van der Waals surface area contributed by atoms with Crippen molar-refractivity contribution < 1.29 is 9.94 Å². The minimum atomic E-state index is -0.352. The van der Waals surface area contributed by atoms with Crippen molar-refractivity contribution >= 4 is 51.7 Å². The van der Waals surface area contributed by atoms with Gasteiger partial charge in [-0.15, -0.1) is 0 Å². The number of hydrogen-bond donors (Lipinski definition) is 2. The van der Waals surface area contributed by atoms with Gasteiger partial charge in [-0.2, -0.15) is 0 Å². The molecule has 3 saturated carbocycles. The van der Waals surface area contributed by atoms with Crippen LogP contribution in [-0.2, 0) is 17.8 Å². The summed E-state index contributed by atoms with van der Waals surface area (Å²) < 4.78 is 1.61. The van der Waals surface area contributed by atoms with Crippen molar-refractivity contribution in [1.29, 1.82) is 0 Å². The highest BCUT2D eigenvalue weighted by Gasteiger charge is 2.56. The van der Waals surface area contributed by atoms with Crippen molar-refractivity contribution in [2.45, 2.75) is 58.7 Å². The highest BCUT2D eigenvalue weighted by Crippen LogP contribution is 2.61. The molecule has 3 aliphatic carbocycles. The molecule has 1 aliphatic heterocycles. The summed E-state index contributed by atoms with van der Waals surface area (Å²) in [7, 11) is 3.26. The van der Waals surface area contributed by atoms with Crippen LogP contribution >= 0.6 is 23.2 Å². The number of halogens is 2. The summed E-state index contributed by atoms with van der Waals surface area (Å²) in [6.07, 6.45) is 2.55. The number of β-amino-alcohol motifs (C(OH)–C–C–N with tert-alkyl or cyclic N) is 1. The fraction of sp³-hybridized carbons (Fsp3) is 0.531. The Morgan fingerprint density at radius 2 is 1.98 bits per heavy atom. The molecular formula is C32H40Cl2N6O3. The smallest absolute Gasteiger partial charge is 0.262 e. The zero-order valence-electron chi connectivity index (χ0n) is 25.3. The first-order valence-corrected chi connectivity index (χ1v) is 15.8. The van der Waals surface area contributed by atoms with Crippen LogP contribution in [0.2, 0.25) is 10.0 Å². The largest absolute Gasteiger partial charge is 0.389 e. The summed E-state index contributed by atoms with van der Waals surface area (Å²) in [5, 5.41) is 16.7. The number of nitrogens with zero attached hydrogens (tertiary/aromatic N) is 5. The van der Waals surface area contributed by atoms with E-state index in [1.807, 2.05) is 18.2 Å². The van der Waals surface area contributed by atoms with Crippen LogP contribution in [0, 0.1) is 23.2 Å². The van der Waals surface area contributed by atoms with Crippen LogP contribution in [0.5, 0.6) is 0 Å². The van der Waals surface area contributed by atoms with Gasteiger partial charge in [0.2, 0.25) is 5.95 Å². The van der Waals surface area contributed by atoms with Crippen LogP contribution in [0.4, 0.5) is 11.6 Å². The molecule has 0 amide bonds. The van der Waals surface area contributed by atoms with Gasteiger partial charge in [0.1, 0.15) is 0 Å². The van der Waals surface area contributed by atoms with E-state index in [0.717, 1.165) is 23.6 Å². The third-order valence-electron chi connectivity index (χ3n) is 10.1. The number of aliphatic imine (C=N–C) groups is 1. The number of rotatable bonds is 7. The third kappa shape index (κ3) is 5.61. The first-order chi connectivity index (χ1) is 20.5. The van der Waals surface area contributed by atoms with Gasteiger partial charge < -0.3 is 15.3 Å². The summed E-state index contributed by atoms with van der Waals surface area (Å²) in [5.41, 5.74) is 2.44. The van der Waals surface area contributed by atoms with Gasteiger partial charge in [-0.1, -0.05) is 50.0 Å². The number of aromatic nitrogens is 2. The molecule has 7 rings (SSSR count). The predicted octanol–water partition coefficient (Wildman–Crippen LogP) is 5.46. The topological polar surface area (TPSA) is 95.2 Å². The Balaban J connectivity index is 1.30. The lowest BCUT2D eigenvalue weighted by molar-refractivity contribution is -0.108. The maximum Gasteiger partial charge on any atom is 0.262 e. The van der Waals surface area contributed by atoms with Crippen molar-refractivity contribution in [1.82, 2.24) is 14.5 Å². The third-order valence-corrected chi connectivity index (χ3v) is 10.7. The second-order valence-electron chi connectivity index (χ2n) is 12.9. The van der Waals surface area contributed by atoms with Crippen LogP contribution in [0.1, 0.15) is 39.2 Å². The van der Waals surface area contributed by atoms with E-state index >= 15 is 0 Å². The summed E-state index contributed by atoms with van der Waals surface area (Å²) in [5.74, 6) is 3.03. The summed E-state index contributed by atoms with van der Waals surface area (Å²) >= 11 is 12.5. The minimum Gasteiger partial charge on any atom is -0.389 e. The second kappa shape index (κ2) is 11.6. The van der Waals surface area contributed by atoms with Gasteiger partial charge in [0.15, 0.2) is 5.96 Å². The van der Waals surface area contributed by atoms with E-state index in [1.54, 1.807) is 29.8 Å². The first-order valence-electron chi connectivity index (χ1n) is 15.0. The number of aliphatic hydroxyl groups is 1. The van der Waals surface area contributed by atoms with E-state index in [0.29, 0.717) is 76.1 Å². The summed E-state index contributed by atoms with van der Waals surface area (Å²) in [6.45, 7) is 8.57. The molecule has 0 radical (unpaired) electrons.